The van der Waals surface area contributed by atoms with Gasteiger partial charge in [0.25, 0.3) is 0 Å². The standard InChI is InChI=1S/C16H15NO3/c1-10-8-11(6-7-17-10)14-9-12(16(18)19)2-5-15(14)20-13-3-4-13/h2,5-9,13H,3-4H2,1H3,(H,18,19). The fourth-order valence-corrected chi connectivity index (χ4v) is 2.07. The Morgan fingerprint density at radius 1 is 1.30 bits per heavy atom. The van der Waals surface area contributed by atoms with Crippen LogP contribution in [-0.4, -0.2) is 22.2 Å². The zero-order chi connectivity index (χ0) is 14.1. The van der Waals surface area contributed by atoms with Crippen LogP contribution in [0.5, 0.6) is 5.75 Å². The van der Waals surface area contributed by atoms with Gasteiger partial charge in [-0.3, -0.25) is 4.98 Å². The molecule has 1 fully saturated rings. The molecule has 1 aromatic heterocycles. The van der Waals surface area contributed by atoms with Gasteiger partial charge in [0, 0.05) is 17.5 Å². The predicted molar refractivity (Wildman–Crippen MR) is 75.0 cm³/mol. The number of aromatic nitrogens is 1. The van der Waals surface area contributed by atoms with Crippen LogP contribution in [0.25, 0.3) is 11.1 Å². The summed E-state index contributed by atoms with van der Waals surface area (Å²) in [4.78, 5) is 15.3. The maximum absolute atomic E-state index is 11.1. The first-order chi connectivity index (χ1) is 9.63. The second-order valence-electron chi connectivity index (χ2n) is 5.02. The molecule has 2 aromatic rings. The van der Waals surface area contributed by atoms with E-state index in [-0.39, 0.29) is 11.7 Å². The molecule has 1 aliphatic carbocycles. The number of aryl methyl sites for hydroxylation is 1. The largest absolute Gasteiger partial charge is 0.490 e. The number of benzene rings is 1. The zero-order valence-electron chi connectivity index (χ0n) is 11.2. The SMILES string of the molecule is Cc1cc(-c2cc(C(=O)O)ccc2OC2CC2)ccn1. The smallest absolute Gasteiger partial charge is 0.335 e. The fraction of sp³-hybridized carbons (Fsp3) is 0.250. The van der Waals surface area contributed by atoms with Crippen molar-refractivity contribution in [3.8, 4) is 16.9 Å². The molecule has 0 saturated heterocycles. The van der Waals surface area contributed by atoms with Crippen molar-refractivity contribution in [2.75, 3.05) is 0 Å². The molecular weight excluding hydrogens is 254 g/mol. The summed E-state index contributed by atoms with van der Waals surface area (Å²) in [6.45, 7) is 1.91. The van der Waals surface area contributed by atoms with Gasteiger partial charge in [-0.25, -0.2) is 4.79 Å². The highest BCUT2D eigenvalue weighted by Gasteiger charge is 2.25. The predicted octanol–water partition coefficient (Wildman–Crippen LogP) is 3.30. The van der Waals surface area contributed by atoms with Gasteiger partial charge in [-0.2, -0.15) is 0 Å². The molecule has 1 aromatic carbocycles. The molecule has 0 atom stereocenters. The molecule has 4 heteroatoms. The number of carbonyl (C=O) groups is 1. The van der Waals surface area contributed by atoms with Crippen LogP contribution >= 0.6 is 0 Å². The fourth-order valence-electron chi connectivity index (χ4n) is 2.07. The second kappa shape index (κ2) is 4.96. The Labute approximate surface area is 117 Å². The van der Waals surface area contributed by atoms with Crippen molar-refractivity contribution in [3.63, 3.8) is 0 Å². The van der Waals surface area contributed by atoms with Crippen LogP contribution in [0.15, 0.2) is 36.5 Å². The third-order valence-electron chi connectivity index (χ3n) is 3.25. The molecule has 1 heterocycles. The van der Waals surface area contributed by atoms with E-state index in [2.05, 4.69) is 4.98 Å². The van der Waals surface area contributed by atoms with Gasteiger partial charge in [0.05, 0.1) is 11.7 Å². The van der Waals surface area contributed by atoms with E-state index in [0.717, 1.165) is 35.4 Å². The van der Waals surface area contributed by atoms with Crippen molar-refractivity contribution in [2.45, 2.75) is 25.9 Å². The Kier molecular flexibility index (Phi) is 3.14. The molecule has 0 aliphatic heterocycles. The van der Waals surface area contributed by atoms with E-state index in [0.29, 0.717) is 0 Å². The molecule has 20 heavy (non-hydrogen) atoms. The van der Waals surface area contributed by atoms with Crippen LogP contribution in [0.4, 0.5) is 0 Å². The number of aromatic carboxylic acids is 1. The monoisotopic (exact) mass is 269 g/mol. The average Bonchev–Trinajstić information content (AvgIpc) is 3.23. The topological polar surface area (TPSA) is 59.4 Å². The first-order valence-corrected chi connectivity index (χ1v) is 6.60. The van der Waals surface area contributed by atoms with E-state index in [1.165, 1.54) is 0 Å². The molecule has 0 amide bonds. The summed E-state index contributed by atoms with van der Waals surface area (Å²) in [7, 11) is 0. The molecule has 1 saturated carbocycles. The van der Waals surface area contributed by atoms with Gasteiger partial charge in [-0.15, -0.1) is 0 Å². The van der Waals surface area contributed by atoms with E-state index in [1.807, 2.05) is 19.1 Å². The van der Waals surface area contributed by atoms with Gasteiger partial charge in [0.1, 0.15) is 5.75 Å². The summed E-state index contributed by atoms with van der Waals surface area (Å²) < 4.78 is 5.87. The van der Waals surface area contributed by atoms with Crippen LogP contribution in [0, 0.1) is 6.92 Å². The highest BCUT2D eigenvalue weighted by atomic mass is 16.5. The Balaban J connectivity index is 2.08. The molecule has 1 N–H and O–H groups in total. The van der Waals surface area contributed by atoms with Crippen LogP contribution < -0.4 is 4.74 Å². The molecule has 1 aliphatic rings. The highest BCUT2D eigenvalue weighted by molar-refractivity contribution is 5.90. The van der Waals surface area contributed by atoms with E-state index >= 15 is 0 Å². The lowest BCUT2D eigenvalue weighted by Gasteiger charge is -2.12. The van der Waals surface area contributed by atoms with Crippen LogP contribution in [-0.2, 0) is 0 Å². The van der Waals surface area contributed by atoms with Gasteiger partial charge in [-0.05, 0) is 55.7 Å². The summed E-state index contributed by atoms with van der Waals surface area (Å²) in [6.07, 6.45) is 4.12. The van der Waals surface area contributed by atoms with Gasteiger partial charge in [0.15, 0.2) is 0 Å². The van der Waals surface area contributed by atoms with Crippen molar-refractivity contribution in [3.05, 3.63) is 47.8 Å². The minimum atomic E-state index is -0.935. The van der Waals surface area contributed by atoms with Crippen molar-refractivity contribution < 1.29 is 14.6 Å². The summed E-state index contributed by atoms with van der Waals surface area (Å²) in [5.74, 6) is -0.196. The second-order valence-corrected chi connectivity index (χ2v) is 5.02. The Hall–Kier alpha value is -2.36. The lowest BCUT2D eigenvalue weighted by atomic mass is 10.0. The summed E-state index contributed by atoms with van der Waals surface area (Å²) in [6, 6.07) is 8.79. The average molecular weight is 269 g/mol. The number of rotatable bonds is 4. The normalized spacial score (nSPS) is 14.1. The minimum absolute atomic E-state index is 0.262. The summed E-state index contributed by atoms with van der Waals surface area (Å²) >= 11 is 0. The third-order valence-corrected chi connectivity index (χ3v) is 3.25. The first-order valence-electron chi connectivity index (χ1n) is 6.60. The Bertz CT molecular complexity index is 663. The Morgan fingerprint density at radius 2 is 2.10 bits per heavy atom. The van der Waals surface area contributed by atoms with Crippen molar-refractivity contribution in [1.29, 1.82) is 0 Å². The Morgan fingerprint density at radius 3 is 2.75 bits per heavy atom. The maximum atomic E-state index is 11.1. The quantitative estimate of drug-likeness (QED) is 0.925. The summed E-state index contributed by atoms with van der Waals surface area (Å²) in [5, 5.41) is 9.14. The molecule has 3 rings (SSSR count). The van der Waals surface area contributed by atoms with Crippen molar-refractivity contribution in [1.82, 2.24) is 4.98 Å². The lowest BCUT2D eigenvalue weighted by Crippen LogP contribution is -2.01. The number of pyridine rings is 1. The lowest BCUT2D eigenvalue weighted by molar-refractivity contribution is 0.0697. The van der Waals surface area contributed by atoms with Gasteiger partial charge < -0.3 is 9.84 Å². The third kappa shape index (κ3) is 2.64. The number of hydrogen-bond donors (Lipinski definition) is 1. The maximum Gasteiger partial charge on any atom is 0.335 e. The van der Waals surface area contributed by atoms with Crippen molar-refractivity contribution >= 4 is 5.97 Å². The number of ether oxygens (including phenoxy) is 1. The van der Waals surface area contributed by atoms with Crippen molar-refractivity contribution in [2.24, 2.45) is 0 Å². The molecule has 0 bridgehead atoms. The van der Waals surface area contributed by atoms with Crippen LogP contribution in [0.3, 0.4) is 0 Å². The molecule has 0 radical (unpaired) electrons. The first kappa shape index (κ1) is 12.7. The van der Waals surface area contributed by atoms with Gasteiger partial charge in [-0.1, -0.05) is 0 Å². The highest BCUT2D eigenvalue weighted by Crippen LogP contribution is 2.35. The van der Waals surface area contributed by atoms with Gasteiger partial charge in [0.2, 0.25) is 0 Å². The van der Waals surface area contributed by atoms with Crippen LogP contribution in [0.2, 0.25) is 0 Å². The number of nitrogens with zero attached hydrogens (tertiary/aromatic N) is 1. The van der Waals surface area contributed by atoms with Crippen LogP contribution in [0.1, 0.15) is 28.9 Å². The number of carboxylic acids is 1. The molecule has 0 spiro atoms. The molecule has 102 valence electrons. The van der Waals surface area contributed by atoms with E-state index in [4.69, 9.17) is 9.84 Å². The minimum Gasteiger partial charge on any atom is -0.490 e. The zero-order valence-corrected chi connectivity index (χ0v) is 11.2. The van der Waals surface area contributed by atoms with E-state index in [9.17, 15) is 4.79 Å². The van der Waals surface area contributed by atoms with Gasteiger partial charge >= 0.3 is 5.97 Å². The summed E-state index contributed by atoms with van der Waals surface area (Å²) in [5.41, 5.74) is 2.89. The molecule has 0 unspecified atom stereocenters. The number of carboxylic acid groups (broad SMARTS) is 1. The molecule has 4 nitrogen and oxygen atoms in total. The van der Waals surface area contributed by atoms with E-state index in [1.54, 1.807) is 24.4 Å². The number of hydrogen-bond acceptors (Lipinski definition) is 3. The molecular formula is C16H15NO3. The van der Waals surface area contributed by atoms with E-state index < -0.39 is 5.97 Å².